The van der Waals surface area contributed by atoms with Crippen LogP contribution in [0, 0.1) is 6.92 Å². The summed E-state index contributed by atoms with van der Waals surface area (Å²) in [6.07, 6.45) is 1.58. The van der Waals surface area contributed by atoms with Gasteiger partial charge in [0, 0.05) is 43.9 Å². The Morgan fingerprint density at radius 3 is 2.75 bits per heavy atom. The number of hydrogen-bond donors (Lipinski definition) is 2. The van der Waals surface area contributed by atoms with Crippen molar-refractivity contribution in [1.82, 2.24) is 34.4 Å². The van der Waals surface area contributed by atoms with Gasteiger partial charge in [-0.15, -0.1) is 5.10 Å². The second kappa shape index (κ2) is 7.34. The molecule has 1 aliphatic heterocycles. The van der Waals surface area contributed by atoms with Crippen LogP contribution in [0.4, 0.5) is 11.9 Å². The first-order valence-electron chi connectivity index (χ1n) is 10.6. The number of H-pyrrole nitrogens is 1. The van der Waals surface area contributed by atoms with Crippen LogP contribution >= 0.6 is 0 Å². The first kappa shape index (κ1) is 18.8. The Morgan fingerprint density at radius 2 is 1.94 bits per heavy atom. The zero-order valence-corrected chi connectivity index (χ0v) is 17.7. The maximum atomic E-state index is 6.14. The molecule has 4 aromatic heterocycles. The molecule has 5 aromatic rings. The van der Waals surface area contributed by atoms with Gasteiger partial charge in [-0.1, -0.05) is 11.6 Å². The zero-order chi connectivity index (χ0) is 21.7. The Bertz CT molecular complexity index is 1390. The molecule has 10 heteroatoms. The second-order valence-corrected chi connectivity index (χ2v) is 8.15. The van der Waals surface area contributed by atoms with Crippen molar-refractivity contribution in [3.63, 3.8) is 0 Å². The summed E-state index contributed by atoms with van der Waals surface area (Å²) in [5.74, 6) is 2.25. The first-order valence-corrected chi connectivity index (χ1v) is 10.6. The Hall–Kier alpha value is -3.92. The average Bonchev–Trinajstić information content (AvgIpc) is 3.53. The standard InChI is InChI=1S/C22H23N9O/c1-14-4-5-17-15(11-14)12-16(24-17)13-29-6-8-30(9-7-29)21-26-20(23)31-22(27-21)25-19(28-31)18-3-2-10-32-18/h2-5,10-12,24H,6-9,13H2,1H3,(H2,23,25,26,27,28). The highest BCUT2D eigenvalue weighted by molar-refractivity contribution is 5.81. The SMILES string of the molecule is Cc1ccc2[nH]c(CN3CCN(c4nc(N)n5nc(-c6ccco6)nc5n4)CC3)cc2c1. The van der Waals surface area contributed by atoms with Crippen LogP contribution in [0.3, 0.4) is 0 Å². The number of benzene rings is 1. The van der Waals surface area contributed by atoms with Crippen molar-refractivity contribution in [2.24, 2.45) is 0 Å². The van der Waals surface area contributed by atoms with E-state index in [1.807, 2.05) is 0 Å². The third kappa shape index (κ3) is 3.34. The van der Waals surface area contributed by atoms with Gasteiger partial charge >= 0.3 is 0 Å². The van der Waals surface area contributed by atoms with Crippen molar-refractivity contribution in [2.45, 2.75) is 13.5 Å². The Labute approximate surface area is 183 Å². The van der Waals surface area contributed by atoms with E-state index in [1.54, 1.807) is 18.4 Å². The molecule has 0 amide bonds. The van der Waals surface area contributed by atoms with E-state index in [2.05, 4.69) is 66.0 Å². The molecule has 0 spiro atoms. The van der Waals surface area contributed by atoms with E-state index in [-0.39, 0.29) is 5.95 Å². The zero-order valence-electron chi connectivity index (χ0n) is 17.7. The summed E-state index contributed by atoms with van der Waals surface area (Å²) in [5.41, 5.74) is 9.84. The van der Waals surface area contributed by atoms with Gasteiger partial charge in [0.05, 0.1) is 6.26 Å². The smallest absolute Gasteiger partial charge is 0.259 e. The van der Waals surface area contributed by atoms with Crippen molar-refractivity contribution < 1.29 is 4.42 Å². The maximum absolute atomic E-state index is 6.14. The number of hydrogen-bond acceptors (Lipinski definition) is 8. The highest BCUT2D eigenvalue weighted by Crippen LogP contribution is 2.21. The van der Waals surface area contributed by atoms with Gasteiger partial charge in [-0.3, -0.25) is 4.90 Å². The van der Waals surface area contributed by atoms with E-state index in [1.165, 1.54) is 26.7 Å². The summed E-state index contributed by atoms with van der Waals surface area (Å²) >= 11 is 0. The lowest BCUT2D eigenvalue weighted by Gasteiger charge is -2.34. The van der Waals surface area contributed by atoms with Gasteiger partial charge in [-0.05, 0) is 42.6 Å². The predicted octanol–water partition coefficient (Wildman–Crippen LogP) is 2.47. The fourth-order valence-corrected chi connectivity index (χ4v) is 4.19. The average molecular weight is 429 g/mol. The number of nitrogens with zero attached hydrogens (tertiary/aromatic N) is 7. The molecular weight excluding hydrogens is 406 g/mol. The van der Waals surface area contributed by atoms with E-state index in [9.17, 15) is 0 Å². The third-order valence-corrected chi connectivity index (χ3v) is 5.84. The highest BCUT2D eigenvalue weighted by atomic mass is 16.3. The van der Waals surface area contributed by atoms with E-state index < -0.39 is 0 Å². The number of aromatic nitrogens is 6. The first-order chi connectivity index (χ1) is 15.6. The molecule has 1 aromatic carbocycles. The molecule has 5 heterocycles. The highest BCUT2D eigenvalue weighted by Gasteiger charge is 2.22. The molecular formula is C22H23N9O. The van der Waals surface area contributed by atoms with Gasteiger partial charge in [0.2, 0.25) is 17.7 Å². The molecule has 1 fully saturated rings. The van der Waals surface area contributed by atoms with Crippen molar-refractivity contribution in [3.8, 4) is 11.6 Å². The van der Waals surface area contributed by atoms with Crippen LogP contribution in [0.1, 0.15) is 11.3 Å². The number of furan rings is 1. The van der Waals surface area contributed by atoms with Crippen LogP contribution in [-0.2, 0) is 6.54 Å². The van der Waals surface area contributed by atoms with Gasteiger partial charge < -0.3 is 20.0 Å². The summed E-state index contributed by atoms with van der Waals surface area (Å²) in [4.78, 5) is 21.6. The van der Waals surface area contributed by atoms with E-state index in [4.69, 9.17) is 10.2 Å². The lowest BCUT2D eigenvalue weighted by molar-refractivity contribution is 0.246. The third-order valence-electron chi connectivity index (χ3n) is 5.84. The fourth-order valence-electron chi connectivity index (χ4n) is 4.19. The lowest BCUT2D eigenvalue weighted by atomic mass is 10.2. The molecule has 0 unspecified atom stereocenters. The number of aromatic amines is 1. The van der Waals surface area contributed by atoms with Crippen LogP contribution in [-0.4, -0.2) is 60.6 Å². The topological polar surface area (TPSA) is 117 Å². The number of fused-ring (bicyclic) bond motifs is 2. The number of nitrogens with two attached hydrogens (primary N) is 1. The van der Waals surface area contributed by atoms with Crippen molar-refractivity contribution in [1.29, 1.82) is 0 Å². The van der Waals surface area contributed by atoms with Crippen LogP contribution in [0.5, 0.6) is 0 Å². The largest absolute Gasteiger partial charge is 0.461 e. The molecule has 1 aliphatic rings. The van der Waals surface area contributed by atoms with Crippen LogP contribution in [0.2, 0.25) is 0 Å². The van der Waals surface area contributed by atoms with E-state index in [0.717, 1.165) is 32.7 Å². The number of anilines is 2. The summed E-state index contributed by atoms with van der Waals surface area (Å²) in [7, 11) is 0. The quantitative estimate of drug-likeness (QED) is 0.447. The molecule has 3 N–H and O–H groups in total. The summed E-state index contributed by atoms with van der Waals surface area (Å²) in [6.45, 7) is 6.46. The minimum absolute atomic E-state index is 0.256. The van der Waals surface area contributed by atoms with E-state index in [0.29, 0.717) is 23.3 Å². The molecule has 0 aliphatic carbocycles. The minimum atomic E-state index is 0.256. The van der Waals surface area contributed by atoms with Crippen molar-refractivity contribution in [3.05, 3.63) is 53.9 Å². The molecule has 0 saturated carbocycles. The monoisotopic (exact) mass is 429 g/mol. The molecule has 32 heavy (non-hydrogen) atoms. The summed E-state index contributed by atoms with van der Waals surface area (Å²) in [5, 5.41) is 5.62. The van der Waals surface area contributed by atoms with Gasteiger partial charge in [0.15, 0.2) is 5.76 Å². The molecule has 162 valence electrons. The summed E-state index contributed by atoms with van der Waals surface area (Å²) in [6, 6.07) is 12.3. The van der Waals surface area contributed by atoms with E-state index >= 15 is 0 Å². The molecule has 6 rings (SSSR count). The normalized spacial score (nSPS) is 15.2. The fraction of sp³-hybridized carbons (Fsp3) is 0.273. The summed E-state index contributed by atoms with van der Waals surface area (Å²) < 4.78 is 6.82. The number of nitrogens with one attached hydrogen (secondary N) is 1. The number of nitrogen functional groups attached to an aromatic ring is 1. The van der Waals surface area contributed by atoms with Crippen molar-refractivity contribution in [2.75, 3.05) is 36.8 Å². The maximum Gasteiger partial charge on any atom is 0.259 e. The van der Waals surface area contributed by atoms with Crippen molar-refractivity contribution >= 4 is 28.6 Å². The molecule has 0 bridgehead atoms. The Kier molecular flexibility index (Phi) is 4.32. The second-order valence-electron chi connectivity index (χ2n) is 8.15. The predicted molar refractivity (Wildman–Crippen MR) is 121 cm³/mol. The number of piperazine rings is 1. The van der Waals surface area contributed by atoms with Gasteiger partial charge in [0.25, 0.3) is 5.78 Å². The Morgan fingerprint density at radius 1 is 1.06 bits per heavy atom. The van der Waals surface area contributed by atoms with Gasteiger partial charge in [0.1, 0.15) is 0 Å². The Balaban J connectivity index is 1.16. The molecule has 1 saturated heterocycles. The minimum Gasteiger partial charge on any atom is -0.461 e. The van der Waals surface area contributed by atoms with Crippen LogP contribution in [0.25, 0.3) is 28.3 Å². The van der Waals surface area contributed by atoms with Crippen LogP contribution < -0.4 is 10.6 Å². The number of aryl methyl sites for hydroxylation is 1. The van der Waals surface area contributed by atoms with Gasteiger partial charge in [-0.25, -0.2) is 0 Å². The molecule has 0 radical (unpaired) electrons. The lowest BCUT2D eigenvalue weighted by Crippen LogP contribution is -2.46. The number of rotatable bonds is 4. The van der Waals surface area contributed by atoms with Crippen LogP contribution in [0.15, 0.2) is 47.1 Å². The molecule has 10 nitrogen and oxygen atoms in total. The van der Waals surface area contributed by atoms with Gasteiger partial charge in [-0.2, -0.15) is 19.5 Å². The molecule has 0 atom stereocenters.